The number of aryl methyl sites for hydroxylation is 1. The highest BCUT2D eigenvalue weighted by molar-refractivity contribution is 8.14. The summed E-state index contributed by atoms with van der Waals surface area (Å²) in [6.45, 7) is 0.681. The molecule has 1 aliphatic rings. The van der Waals surface area contributed by atoms with Gasteiger partial charge in [0.05, 0.1) is 27.9 Å². The predicted octanol–water partition coefficient (Wildman–Crippen LogP) is 5.72. The van der Waals surface area contributed by atoms with Gasteiger partial charge >= 0.3 is 0 Å². The molecule has 0 fully saturated rings. The van der Waals surface area contributed by atoms with E-state index in [4.69, 9.17) is 9.98 Å². The molecule has 0 atom stereocenters. The first kappa shape index (κ1) is 21.1. The van der Waals surface area contributed by atoms with Crippen molar-refractivity contribution in [2.24, 2.45) is 9.98 Å². The maximum absolute atomic E-state index is 12.4. The zero-order valence-electron chi connectivity index (χ0n) is 17.3. The highest BCUT2D eigenvalue weighted by Gasteiger charge is 2.16. The van der Waals surface area contributed by atoms with Crippen molar-refractivity contribution in [3.8, 4) is 0 Å². The maximum atomic E-state index is 12.4. The van der Waals surface area contributed by atoms with Crippen LogP contribution in [-0.4, -0.2) is 29.0 Å². The minimum absolute atomic E-state index is 0.0384. The monoisotopic (exact) mass is 427 g/mol. The second-order valence-electron chi connectivity index (χ2n) is 7.32. The number of rotatable bonds is 7. The fourth-order valence-corrected chi connectivity index (χ4v) is 4.20. The molecule has 0 unspecified atom stereocenters. The van der Waals surface area contributed by atoms with Gasteiger partial charge in [-0.25, -0.2) is 4.99 Å². The van der Waals surface area contributed by atoms with Crippen LogP contribution in [0.25, 0.3) is 0 Å². The molecular formula is C26H25N3OS. The van der Waals surface area contributed by atoms with E-state index >= 15 is 0 Å². The van der Waals surface area contributed by atoms with Crippen LogP contribution in [0, 0.1) is 0 Å². The highest BCUT2D eigenvalue weighted by atomic mass is 32.2. The molecule has 156 valence electrons. The van der Waals surface area contributed by atoms with E-state index in [2.05, 4.69) is 29.6 Å². The number of hydrogen-bond donors (Lipinski definition) is 1. The average Bonchev–Trinajstić information content (AvgIpc) is 3.01. The van der Waals surface area contributed by atoms with Crippen molar-refractivity contribution in [3.05, 3.63) is 96.1 Å². The minimum Gasteiger partial charge on any atom is -0.355 e. The molecule has 3 aromatic rings. The second kappa shape index (κ2) is 10.7. The third kappa shape index (κ3) is 6.15. The number of aliphatic imine (C=N–C) groups is 2. The Bertz CT molecular complexity index is 1080. The molecule has 1 amide bonds. The molecule has 0 bridgehead atoms. The summed E-state index contributed by atoms with van der Waals surface area (Å²) in [5, 5.41) is 3.93. The zero-order chi connectivity index (χ0) is 21.3. The number of nitrogens with zero attached hydrogens (tertiary/aromatic N) is 2. The van der Waals surface area contributed by atoms with Crippen LogP contribution in [0.2, 0.25) is 0 Å². The van der Waals surface area contributed by atoms with Gasteiger partial charge in [-0.3, -0.25) is 9.79 Å². The number of benzene rings is 3. The van der Waals surface area contributed by atoms with Gasteiger partial charge in [0, 0.05) is 13.0 Å². The quantitative estimate of drug-likeness (QED) is 0.490. The van der Waals surface area contributed by atoms with Crippen LogP contribution in [0.1, 0.15) is 24.0 Å². The topological polar surface area (TPSA) is 53.8 Å². The van der Waals surface area contributed by atoms with Gasteiger partial charge in [-0.2, -0.15) is 0 Å². The van der Waals surface area contributed by atoms with E-state index < -0.39 is 0 Å². The Morgan fingerprint density at radius 1 is 0.839 bits per heavy atom. The van der Waals surface area contributed by atoms with E-state index in [0.717, 1.165) is 40.5 Å². The molecule has 3 aromatic carbocycles. The molecule has 0 aliphatic carbocycles. The van der Waals surface area contributed by atoms with Crippen molar-refractivity contribution in [1.29, 1.82) is 0 Å². The molecule has 1 N–H and O–H groups in total. The van der Waals surface area contributed by atoms with Crippen molar-refractivity contribution in [2.75, 3.05) is 12.3 Å². The summed E-state index contributed by atoms with van der Waals surface area (Å²) in [6, 6.07) is 28.4. The summed E-state index contributed by atoms with van der Waals surface area (Å²) in [7, 11) is 0. The van der Waals surface area contributed by atoms with Gasteiger partial charge in [0.2, 0.25) is 5.91 Å². The Labute approximate surface area is 187 Å². The average molecular weight is 428 g/mol. The fourth-order valence-electron chi connectivity index (χ4n) is 3.40. The van der Waals surface area contributed by atoms with E-state index in [0.29, 0.717) is 18.7 Å². The lowest BCUT2D eigenvalue weighted by atomic mass is 10.1. The lowest BCUT2D eigenvalue weighted by Crippen LogP contribution is -2.27. The molecule has 0 aromatic heterocycles. The Balaban J connectivity index is 1.35. The zero-order valence-corrected chi connectivity index (χ0v) is 18.1. The lowest BCUT2D eigenvalue weighted by Gasteiger charge is -2.08. The number of amides is 1. The van der Waals surface area contributed by atoms with Crippen molar-refractivity contribution in [3.63, 3.8) is 0 Å². The van der Waals surface area contributed by atoms with Gasteiger partial charge in [-0.1, -0.05) is 72.8 Å². The fraction of sp³-hybridized carbons (Fsp3) is 0.192. The number of para-hydroxylation sites is 2. The number of hydrogen-bond acceptors (Lipinski definition) is 4. The second-order valence-corrected chi connectivity index (χ2v) is 8.37. The van der Waals surface area contributed by atoms with Crippen LogP contribution in [-0.2, 0) is 11.2 Å². The molecule has 1 heterocycles. The van der Waals surface area contributed by atoms with Gasteiger partial charge in [0.25, 0.3) is 0 Å². The summed E-state index contributed by atoms with van der Waals surface area (Å²) in [5.41, 5.74) is 5.06. The van der Waals surface area contributed by atoms with Crippen LogP contribution in [0.15, 0.2) is 94.9 Å². The van der Waals surface area contributed by atoms with Crippen molar-refractivity contribution < 1.29 is 4.79 Å². The van der Waals surface area contributed by atoms with Crippen LogP contribution in [0.3, 0.4) is 0 Å². The molecule has 0 saturated carbocycles. The Morgan fingerprint density at radius 3 is 2.23 bits per heavy atom. The first-order valence-corrected chi connectivity index (χ1v) is 11.5. The van der Waals surface area contributed by atoms with E-state index in [1.54, 1.807) is 0 Å². The number of thioether (sulfide) groups is 1. The molecule has 0 radical (unpaired) electrons. The molecule has 1 aliphatic heterocycles. The smallest absolute Gasteiger partial charge is 0.230 e. The summed E-state index contributed by atoms with van der Waals surface area (Å²) in [5.74, 6) is 0.394. The third-order valence-corrected chi connectivity index (χ3v) is 5.96. The summed E-state index contributed by atoms with van der Waals surface area (Å²) < 4.78 is 0. The highest BCUT2D eigenvalue weighted by Crippen LogP contribution is 2.33. The number of carbonyl (C=O) groups is 1. The van der Waals surface area contributed by atoms with Gasteiger partial charge in [0.15, 0.2) is 0 Å². The van der Waals surface area contributed by atoms with Crippen LogP contribution in [0.5, 0.6) is 0 Å². The van der Waals surface area contributed by atoms with Gasteiger partial charge in [-0.15, -0.1) is 11.8 Å². The number of carbonyl (C=O) groups excluding carboxylic acids is 1. The molecule has 0 saturated heterocycles. The summed E-state index contributed by atoms with van der Waals surface area (Å²) in [4.78, 5) is 22.0. The predicted molar refractivity (Wildman–Crippen MR) is 131 cm³/mol. The largest absolute Gasteiger partial charge is 0.355 e. The summed E-state index contributed by atoms with van der Waals surface area (Å²) in [6.07, 6.45) is 2.51. The van der Waals surface area contributed by atoms with Crippen LogP contribution < -0.4 is 5.32 Å². The van der Waals surface area contributed by atoms with Gasteiger partial charge in [0.1, 0.15) is 0 Å². The van der Waals surface area contributed by atoms with Crippen LogP contribution >= 0.6 is 11.8 Å². The Kier molecular flexibility index (Phi) is 7.29. The van der Waals surface area contributed by atoms with E-state index in [1.165, 1.54) is 17.3 Å². The molecule has 31 heavy (non-hydrogen) atoms. The van der Waals surface area contributed by atoms with Crippen molar-refractivity contribution >= 4 is 39.8 Å². The Hall–Kier alpha value is -3.18. The van der Waals surface area contributed by atoms with E-state index in [-0.39, 0.29) is 5.91 Å². The third-order valence-electron chi connectivity index (χ3n) is 4.99. The molecule has 0 spiro atoms. The molecule has 4 rings (SSSR count). The molecule has 4 nitrogen and oxygen atoms in total. The number of nitrogens with one attached hydrogen (secondary N) is 1. The van der Waals surface area contributed by atoms with Crippen LogP contribution in [0.4, 0.5) is 11.4 Å². The Morgan fingerprint density at radius 2 is 1.48 bits per heavy atom. The standard InChI is InChI=1S/C26H25N3OS/c30-25(27-17-9-12-20-10-3-1-4-11-20)19-31-26-18-24(21-13-5-2-6-14-21)28-22-15-7-8-16-23(22)29-26/h1-8,10-11,13-16H,9,12,17-19H2,(H,27,30). The van der Waals surface area contributed by atoms with Crippen molar-refractivity contribution in [1.82, 2.24) is 5.32 Å². The SMILES string of the molecule is O=C(CSC1=Nc2ccccc2N=C(c2ccccc2)C1)NCCCc1ccccc1. The molecular weight excluding hydrogens is 402 g/mol. The first-order valence-electron chi connectivity index (χ1n) is 10.5. The number of fused-ring (bicyclic) bond motifs is 1. The van der Waals surface area contributed by atoms with E-state index in [1.807, 2.05) is 60.7 Å². The maximum Gasteiger partial charge on any atom is 0.230 e. The van der Waals surface area contributed by atoms with Crippen molar-refractivity contribution in [2.45, 2.75) is 19.3 Å². The lowest BCUT2D eigenvalue weighted by molar-refractivity contribution is -0.118. The molecule has 5 heteroatoms. The van der Waals surface area contributed by atoms with E-state index in [9.17, 15) is 4.79 Å². The first-order chi connectivity index (χ1) is 15.3. The van der Waals surface area contributed by atoms with Gasteiger partial charge in [-0.05, 0) is 36.1 Å². The minimum atomic E-state index is 0.0384. The summed E-state index contributed by atoms with van der Waals surface area (Å²) >= 11 is 1.49. The van der Waals surface area contributed by atoms with Gasteiger partial charge < -0.3 is 5.32 Å². The normalized spacial score (nSPS) is 12.9.